The van der Waals surface area contributed by atoms with Crippen molar-refractivity contribution in [1.29, 1.82) is 5.26 Å². The number of ether oxygens (including phenoxy) is 2. The molecule has 4 nitrogen and oxygen atoms in total. The first-order valence-corrected chi connectivity index (χ1v) is 8.28. The van der Waals surface area contributed by atoms with Gasteiger partial charge in [0.2, 0.25) is 0 Å². The lowest BCUT2D eigenvalue weighted by Crippen LogP contribution is -2.02. The minimum atomic E-state index is 0.634. The molecule has 0 spiro atoms. The molecule has 3 rings (SSSR count). The van der Waals surface area contributed by atoms with Gasteiger partial charge in [0.15, 0.2) is 0 Å². The third-order valence-electron chi connectivity index (χ3n) is 3.29. The molecule has 0 amide bonds. The number of benzene rings is 2. The van der Waals surface area contributed by atoms with Crippen LogP contribution in [0.1, 0.15) is 18.4 Å². The van der Waals surface area contributed by atoms with Gasteiger partial charge in [0.1, 0.15) is 5.75 Å². The highest BCUT2D eigenvalue weighted by molar-refractivity contribution is 7.20. The van der Waals surface area contributed by atoms with E-state index in [1.165, 1.54) is 0 Å². The number of para-hydroxylation sites is 1. The molecule has 0 aliphatic rings. The Bertz CT molecular complexity index is 773. The zero-order chi connectivity index (χ0) is 15.9. The normalized spacial score (nSPS) is 10.4. The molecule has 0 unspecified atom stereocenters. The number of nitriles is 1. The van der Waals surface area contributed by atoms with Crippen molar-refractivity contribution in [3.8, 4) is 17.0 Å². The van der Waals surface area contributed by atoms with Crippen LogP contribution in [0.2, 0.25) is 0 Å². The van der Waals surface area contributed by atoms with Crippen LogP contribution in [0.5, 0.6) is 10.9 Å². The lowest BCUT2D eigenvalue weighted by atomic mass is 10.2. The predicted molar refractivity (Wildman–Crippen MR) is 91.0 cm³/mol. The van der Waals surface area contributed by atoms with E-state index in [1.54, 1.807) is 23.5 Å². The van der Waals surface area contributed by atoms with Crippen molar-refractivity contribution in [2.45, 2.75) is 12.8 Å². The van der Waals surface area contributed by atoms with E-state index in [0.717, 1.165) is 34.0 Å². The smallest absolute Gasteiger partial charge is 0.274 e. The van der Waals surface area contributed by atoms with Gasteiger partial charge in [0.05, 0.1) is 35.1 Å². The quantitative estimate of drug-likeness (QED) is 0.604. The SMILES string of the molecule is N#Cc1ccc(OCCCCOc2nc3ccccc3s2)cc1. The fraction of sp³-hybridized carbons (Fsp3) is 0.222. The molecule has 0 bridgehead atoms. The Morgan fingerprint density at radius 2 is 1.70 bits per heavy atom. The number of thiazole rings is 1. The maximum absolute atomic E-state index is 8.73. The van der Waals surface area contributed by atoms with Crippen LogP contribution in [0.25, 0.3) is 10.2 Å². The summed E-state index contributed by atoms with van der Waals surface area (Å²) in [4.78, 5) is 4.43. The number of aromatic nitrogens is 1. The second-order valence-corrected chi connectivity index (χ2v) is 5.98. The highest BCUT2D eigenvalue weighted by Crippen LogP contribution is 2.27. The molecule has 0 radical (unpaired) electrons. The van der Waals surface area contributed by atoms with E-state index in [4.69, 9.17) is 14.7 Å². The van der Waals surface area contributed by atoms with Crippen molar-refractivity contribution in [3.05, 3.63) is 54.1 Å². The monoisotopic (exact) mass is 324 g/mol. The Hall–Kier alpha value is -2.58. The van der Waals surface area contributed by atoms with Gasteiger partial charge in [-0.2, -0.15) is 5.26 Å². The Morgan fingerprint density at radius 1 is 0.957 bits per heavy atom. The molecule has 3 aromatic rings. The Morgan fingerprint density at radius 3 is 2.43 bits per heavy atom. The molecule has 0 fully saturated rings. The molecule has 0 N–H and O–H groups in total. The summed E-state index contributed by atoms with van der Waals surface area (Å²) in [5.41, 5.74) is 1.62. The summed E-state index contributed by atoms with van der Waals surface area (Å²) in [6, 6.07) is 17.2. The summed E-state index contributed by atoms with van der Waals surface area (Å²) in [5.74, 6) is 0.788. The molecule has 1 heterocycles. The molecule has 0 saturated carbocycles. The van der Waals surface area contributed by atoms with E-state index in [0.29, 0.717) is 18.8 Å². The fourth-order valence-corrected chi connectivity index (χ4v) is 2.93. The number of fused-ring (bicyclic) bond motifs is 1. The maximum atomic E-state index is 8.73. The van der Waals surface area contributed by atoms with Crippen LogP contribution in [0.4, 0.5) is 0 Å². The van der Waals surface area contributed by atoms with Gasteiger partial charge in [0, 0.05) is 0 Å². The molecule has 2 aromatic carbocycles. The standard InChI is InChI=1S/C18H16N2O2S/c19-13-14-7-9-15(10-8-14)21-11-3-4-12-22-18-20-16-5-1-2-6-17(16)23-18/h1-2,5-10H,3-4,11-12H2. The van der Waals surface area contributed by atoms with Gasteiger partial charge in [-0.3, -0.25) is 0 Å². The molecule has 1 aromatic heterocycles. The van der Waals surface area contributed by atoms with Crippen LogP contribution >= 0.6 is 11.3 Å². The third-order valence-corrected chi connectivity index (χ3v) is 4.24. The summed E-state index contributed by atoms with van der Waals surface area (Å²) in [7, 11) is 0. The van der Waals surface area contributed by atoms with Crippen LogP contribution in [0, 0.1) is 11.3 Å². The van der Waals surface area contributed by atoms with Crippen LogP contribution in [0.15, 0.2) is 48.5 Å². The number of rotatable bonds is 7. The molecule has 0 aliphatic carbocycles. The average molecular weight is 324 g/mol. The Labute approximate surface area is 138 Å². The molecule has 5 heteroatoms. The van der Waals surface area contributed by atoms with Gasteiger partial charge in [-0.05, 0) is 49.2 Å². The van der Waals surface area contributed by atoms with Crippen molar-refractivity contribution in [1.82, 2.24) is 4.98 Å². The molecular formula is C18H16N2O2S. The molecular weight excluding hydrogens is 308 g/mol. The molecule has 0 aliphatic heterocycles. The van der Waals surface area contributed by atoms with Gasteiger partial charge in [-0.1, -0.05) is 23.5 Å². The van der Waals surface area contributed by atoms with Crippen molar-refractivity contribution in [2.24, 2.45) is 0 Å². The van der Waals surface area contributed by atoms with E-state index in [1.807, 2.05) is 36.4 Å². The average Bonchev–Trinajstić information content (AvgIpc) is 3.01. The summed E-state index contributed by atoms with van der Waals surface area (Å²) in [6.07, 6.45) is 1.82. The zero-order valence-corrected chi connectivity index (χ0v) is 13.4. The van der Waals surface area contributed by atoms with Crippen molar-refractivity contribution in [3.63, 3.8) is 0 Å². The van der Waals surface area contributed by atoms with Crippen molar-refractivity contribution in [2.75, 3.05) is 13.2 Å². The zero-order valence-electron chi connectivity index (χ0n) is 12.6. The van der Waals surface area contributed by atoms with Gasteiger partial charge >= 0.3 is 0 Å². The molecule has 0 saturated heterocycles. The van der Waals surface area contributed by atoms with Crippen LogP contribution in [-0.2, 0) is 0 Å². The number of unbranched alkanes of at least 4 members (excludes halogenated alkanes) is 1. The minimum Gasteiger partial charge on any atom is -0.494 e. The van der Waals surface area contributed by atoms with Gasteiger partial charge in [-0.15, -0.1) is 0 Å². The summed E-state index contributed by atoms with van der Waals surface area (Å²) >= 11 is 1.57. The Kier molecular flexibility index (Phi) is 5.07. The largest absolute Gasteiger partial charge is 0.494 e. The number of hydrogen-bond acceptors (Lipinski definition) is 5. The number of hydrogen-bond donors (Lipinski definition) is 0. The predicted octanol–water partition coefficient (Wildman–Crippen LogP) is 4.41. The first kappa shape index (κ1) is 15.3. The van der Waals surface area contributed by atoms with Gasteiger partial charge < -0.3 is 9.47 Å². The highest BCUT2D eigenvalue weighted by atomic mass is 32.1. The fourth-order valence-electron chi connectivity index (χ4n) is 2.09. The van der Waals surface area contributed by atoms with Crippen LogP contribution in [-0.4, -0.2) is 18.2 Å². The molecule has 116 valence electrons. The summed E-state index contributed by atoms with van der Waals surface area (Å²) < 4.78 is 12.5. The second kappa shape index (κ2) is 7.61. The van der Waals surface area contributed by atoms with E-state index in [9.17, 15) is 0 Å². The van der Waals surface area contributed by atoms with Crippen LogP contribution < -0.4 is 9.47 Å². The molecule has 23 heavy (non-hydrogen) atoms. The topological polar surface area (TPSA) is 55.1 Å². The van der Waals surface area contributed by atoms with E-state index in [-0.39, 0.29) is 0 Å². The lowest BCUT2D eigenvalue weighted by Gasteiger charge is -2.06. The minimum absolute atomic E-state index is 0.634. The van der Waals surface area contributed by atoms with Gasteiger partial charge in [-0.25, -0.2) is 4.98 Å². The molecule has 0 atom stereocenters. The van der Waals surface area contributed by atoms with Crippen LogP contribution in [0.3, 0.4) is 0 Å². The van der Waals surface area contributed by atoms with Crippen molar-refractivity contribution < 1.29 is 9.47 Å². The maximum Gasteiger partial charge on any atom is 0.274 e. The first-order valence-electron chi connectivity index (χ1n) is 7.46. The first-order chi connectivity index (χ1) is 11.3. The third kappa shape index (κ3) is 4.21. The van der Waals surface area contributed by atoms with Gasteiger partial charge in [0.25, 0.3) is 5.19 Å². The van der Waals surface area contributed by atoms with E-state index in [2.05, 4.69) is 11.1 Å². The van der Waals surface area contributed by atoms with E-state index < -0.39 is 0 Å². The summed E-state index contributed by atoms with van der Waals surface area (Å²) in [5, 5.41) is 9.45. The van der Waals surface area contributed by atoms with Crippen molar-refractivity contribution >= 4 is 21.6 Å². The van der Waals surface area contributed by atoms with E-state index >= 15 is 0 Å². The summed E-state index contributed by atoms with van der Waals surface area (Å²) in [6.45, 7) is 1.27. The highest BCUT2D eigenvalue weighted by Gasteiger charge is 2.03. The second-order valence-electron chi connectivity index (χ2n) is 4.99. The number of nitrogens with zero attached hydrogens (tertiary/aromatic N) is 2. The Balaban J connectivity index is 1.36. The lowest BCUT2D eigenvalue weighted by molar-refractivity contribution is 0.266.